The van der Waals surface area contributed by atoms with Gasteiger partial charge in [0.05, 0.1) is 0 Å². The van der Waals surface area contributed by atoms with Gasteiger partial charge < -0.3 is 0 Å². The summed E-state index contributed by atoms with van der Waals surface area (Å²) in [6.07, 6.45) is 13.5. The lowest BCUT2D eigenvalue weighted by Gasteiger charge is -2.17. The van der Waals surface area contributed by atoms with Gasteiger partial charge in [0.2, 0.25) is 0 Å². The van der Waals surface area contributed by atoms with Gasteiger partial charge >= 0.3 is 0 Å². The van der Waals surface area contributed by atoms with Crippen molar-refractivity contribution in [3.8, 4) is 0 Å². The maximum absolute atomic E-state index is 2.31. The van der Waals surface area contributed by atoms with E-state index < -0.39 is 0 Å². The van der Waals surface area contributed by atoms with E-state index in [4.69, 9.17) is 0 Å². The van der Waals surface area contributed by atoms with Gasteiger partial charge in [-0.1, -0.05) is 65.8 Å². The molecule has 0 unspecified atom stereocenters. The van der Waals surface area contributed by atoms with Gasteiger partial charge in [0, 0.05) is 37.1 Å². The molecule has 0 spiro atoms. The smallest absolute Gasteiger partial charge is 0.169 e. The number of hydrogen-bond acceptors (Lipinski definition) is 0. The lowest BCUT2D eigenvalue weighted by atomic mass is 9.88. The molecular formula is C30H42N2+2. The lowest BCUT2D eigenvalue weighted by Crippen LogP contribution is -2.33. The lowest BCUT2D eigenvalue weighted by molar-refractivity contribution is -0.697. The zero-order valence-corrected chi connectivity index (χ0v) is 21.1. The summed E-state index contributed by atoms with van der Waals surface area (Å²) in [5.41, 5.74) is 6.10. The Balaban J connectivity index is 1.40. The Bertz CT molecular complexity index is 871. The number of benzene rings is 1. The summed E-state index contributed by atoms with van der Waals surface area (Å²) >= 11 is 0. The molecule has 0 bridgehead atoms. The van der Waals surface area contributed by atoms with Gasteiger partial charge in [0.25, 0.3) is 0 Å². The Morgan fingerprint density at radius 2 is 0.812 bits per heavy atom. The summed E-state index contributed by atoms with van der Waals surface area (Å²) in [5, 5.41) is 0. The van der Waals surface area contributed by atoms with Crippen LogP contribution in [-0.2, 0) is 36.8 Å². The summed E-state index contributed by atoms with van der Waals surface area (Å²) in [6, 6.07) is 18.3. The van der Waals surface area contributed by atoms with Crippen LogP contribution in [-0.4, -0.2) is 0 Å². The van der Waals surface area contributed by atoms with Crippen LogP contribution in [0.15, 0.2) is 73.3 Å². The Kier molecular flexibility index (Phi) is 7.87. The average molecular weight is 431 g/mol. The topological polar surface area (TPSA) is 7.76 Å². The maximum Gasteiger partial charge on any atom is 0.169 e. The first-order valence-corrected chi connectivity index (χ1v) is 12.2. The van der Waals surface area contributed by atoms with Crippen LogP contribution in [0.5, 0.6) is 0 Å². The molecule has 0 fully saturated rings. The Hall–Kier alpha value is -2.48. The molecule has 0 radical (unpaired) electrons. The van der Waals surface area contributed by atoms with Crippen molar-refractivity contribution in [1.82, 2.24) is 0 Å². The van der Waals surface area contributed by atoms with Crippen LogP contribution in [0.3, 0.4) is 0 Å². The fourth-order valence-corrected chi connectivity index (χ4v) is 4.02. The third-order valence-corrected chi connectivity index (χ3v) is 6.30. The molecule has 0 aliphatic rings. The van der Waals surface area contributed by atoms with Crippen molar-refractivity contribution < 1.29 is 9.13 Å². The molecule has 2 aromatic heterocycles. The molecular weight excluding hydrogens is 388 g/mol. The molecule has 32 heavy (non-hydrogen) atoms. The van der Waals surface area contributed by atoms with E-state index in [1.165, 1.54) is 35.1 Å². The molecule has 0 atom stereocenters. The Morgan fingerprint density at radius 3 is 1.09 bits per heavy atom. The third-order valence-electron chi connectivity index (χ3n) is 6.30. The van der Waals surface area contributed by atoms with Gasteiger partial charge in [-0.25, -0.2) is 9.13 Å². The predicted molar refractivity (Wildman–Crippen MR) is 134 cm³/mol. The van der Waals surface area contributed by atoms with Crippen LogP contribution in [0, 0.1) is 0 Å². The van der Waals surface area contributed by atoms with Crippen molar-refractivity contribution in [2.24, 2.45) is 0 Å². The fraction of sp³-hybridized carbons (Fsp3) is 0.467. The van der Waals surface area contributed by atoms with Crippen LogP contribution in [0.4, 0.5) is 0 Å². The van der Waals surface area contributed by atoms with Gasteiger partial charge in [-0.15, -0.1) is 0 Å². The first-order chi connectivity index (χ1) is 15.1. The van der Waals surface area contributed by atoms with Gasteiger partial charge in [0.15, 0.2) is 24.8 Å². The summed E-state index contributed by atoms with van der Waals surface area (Å²) < 4.78 is 4.60. The zero-order chi connectivity index (χ0) is 23.2. The van der Waals surface area contributed by atoms with Gasteiger partial charge in [-0.2, -0.15) is 0 Å². The van der Waals surface area contributed by atoms with E-state index in [-0.39, 0.29) is 10.8 Å². The van der Waals surface area contributed by atoms with Crippen LogP contribution in [0.2, 0.25) is 0 Å². The van der Waals surface area contributed by atoms with Crippen LogP contribution in [0.25, 0.3) is 0 Å². The van der Waals surface area contributed by atoms with E-state index in [1.54, 1.807) is 0 Å². The quantitative estimate of drug-likeness (QED) is 0.380. The second kappa shape index (κ2) is 10.4. The minimum Gasteiger partial charge on any atom is -0.205 e. The summed E-state index contributed by atoms with van der Waals surface area (Å²) in [5.74, 6) is 0. The van der Waals surface area contributed by atoms with Crippen LogP contribution in [0.1, 0.15) is 76.6 Å². The monoisotopic (exact) mass is 430 g/mol. The number of nitrogens with zero attached hydrogens (tertiary/aromatic N) is 2. The van der Waals surface area contributed by atoms with Crippen molar-refractivity contribution in [3.05, 3.63) is 95.6 Å². The molecule has 1 aromatic carbocycles. The maximum atomic E-state index is 2.31. The molecule has 2 nitrogen and oxygen atoms in total. The highest BCUT2D eigenvalue weighted by atomic mass is 14.9. The molecule has 3 rings (SSSR count). The second-order valence-electron chi connectivity index (χ2n) is 11.2. The van der Waals surface area contributed by atoms with E-state index in [1.807, 2.05) is 0 Å². The minimum absolute atomic E-state index is 0.219. The molecule has 3 aromatic rings. The van der Waals surface area contributed by atoms with E-state index in [0.717, 1.165) is 25.9 Å². The molecule has 0 amide bonds. The third kappa shape index (κ3) is 7.29. The molecule has 2 heterocycles. The first kappa shape index (κ1) is 24.2. The molecule has 0 aliphatic carbocycles. The van der Waals surface area contributed by atoms with Crippen molar-refractivity contribution in [1.29, 1.82) is 0 Å². The average Bonchev–Trinajstić information content (AvgIpc) is 2.74. The highest BCUT2D eigenvalue weighted by molar-refractivity contribution is 5.23. The Labute approximate surface area is 196 Å². The standard InChI is InChI=1S/C30H42N2/c1-29(2,3)27-15-21-31(22-16-27)19-7-9-25-11-13-26(14-12-25)10-8-20-32-23-17-28(18-24-32)30(4,5)6/h11-18,21-24H,7-10,19-20H2,1-6H3/q+2. The normalized spacial score (nSPS) is 12.2. The van der Waals surface area contributed by atoms with Gasteiger partial charge in [-0.3, -0.25) is 0 Å². The second-order valence-corrected chi connectivity index (χ2v) is 11.2. The molecule has 2 heteroatoms. The minimum atomic E-state index is 0.219. The number of hydrogen-bond donors (Lipinski definition) is 0. The van der Waals surface area contributed by atoms with Crippen molar-refractivity contribution in [3.63, 3.8) is 0 Å². The molecule has 0 saturated carbocycles. The van der Waals surface area contributed by atoms with Gasteiger partial charge in [-0.05, 0) is 45.9 Å². The van der Waals surface area contributed by atoms with E-state index in [0.29, 0.717) is 0 Å². The summed E-state index contributed by atoms with van der Waals surface area (Å²) in [7, 11) is 0. The Morgan fingerprint density at radius 1 is 0.500 bits per heavy atom. The number of aryl methyl sites for hydroxylation is 4. The molecule has 170 valence electrons. The van der Waals surface area contributed by atoms with Crippen molar-refractivity contribution in [2.45, 2.75) is 91.1 Å². The number of aromatic nitrogens is 2. The largest absolute Gasteiger partial charge is 0.205 e. The first-order valence-electron chi connectivity index (χ1n) is 12.2. The summed E-state index contributed by atoms with van der Waals surface area (Å²) in [4.78, 5) is 0. The number of rotatable bonds is 8. The number of pyridine rings is 2. The van der Waals surface area contributed by atoms with E-state index in [2.05, 4.69) is 124 Å². The van der Waals surface area contributed by atoms with Crippen LogP contribution >= 0.6 is 0 Å². The highest BCUT2D eigenvalue weighted by Crippen LogP contribution is 2.21. The SMILES string of the molecule is CC(C)(C)c1cc[n+](CCCc2ccc(CCC[n+]3ccc(C(C)(C)C)cc3)cc2)cc1. The van der Waals surface area contributed by atoms with Gasteiger partial charge in [0.1, 0.15) is 13.1 Å². The van der Waals surface area contributed by atoms with E-state index in [9.17, 15) is 0 Å². The zero-order valence-electron chi connectivity index (χ0n) is 21.1. The summed E-state index contributed by atoms with van der Waals surface area (Å²) in [6.45, 7) is 15.7. The molecule has 0 aliphatic heterocycles. The molecule has 0 saturated heterocycles. The highest BCUT2D eigenvalue weighted by Gasteiger charge is 2.15. The predicted octanol–water partition coefficient (Wildman–Crippen LogP) is 6.12. The fourth-order valence-electron chi connectivity index (χ4n) is 4.02. The van der Waals surface area contributed by atoms with Crippen molar-refractivity contribution >= 4 is 0 Å². The van der Waals surface area contributed by atoms with E-state index >= 15 is 0 Å². The van der Waals surface area contributed by atoms with Crippen LogP contribution < -0.4 is 9.13 Å². The van der Waals surface area contributed by atoms with Crippen molar-refractivity contribution in [2.75, 3.05) is 0 Å². The molecule has 0 N–H and O–H groups in total.